The molecule has 4 aromatic rings. The Morgan fingerprint density at radius 1 is 0.778 bits per heavy atom. The number of para-hydroxylation sites is 1. The molecule has 0 aliphatic heterocycles. The molecule has 1 aliphatic rings. The Labute approximate surface area is 201 Å². The number of hydrogen-bond donors (Lipinski definition) is 0. The monoisotopic (exact) mass is 500 g/mol. The fourth-order valence-corrected chi connectivity index (χ4v) is 4.69. The van der Waals surface area contributed by atoms with Gasteiger partial charge in [0.25, 0.3) is 0 Å². The molecule has 0 amide bonds. The summed E-state index contributed by atoms with van der Waals surface area (Å²) in [5.74, 6) is -4.60. The molecule has 0 radical (unpaired) electrons. The van der Waals surface area contributed by atoms with E-state index in [9.17, 15) is 26.3 Å². The molecule has 0 atom stereocenters. The van der Waals surface area contributed by atoms with E-state index < -0.39 is 35.4 Å². The third kappa shape index (κ3) is 3.68. The number of allylic oxidation sites excluding steroid dienone is 2. The Bertz CT molecular complexity index is 1520. The predicted octanol–water partition coefficient (Wildman–Crippen LogP) is 7.22. The highest BCUT2D eigenvalue weighted by Crippen LogP contribution is 2.45. The number of benzene rings is 2. The molecule has 0 saturated carbocycles. The van der Waals surface area contributed by atoms with Crippen molar-refractivity contribution in [3.8, 4) is 5.95 Å². The molecule has 0 spiro atoms. The molecule has 4 nitrogen and oxygen atoms in total. The third-order valence-electron chi connectivity index (χ3n) is 6.23. The van der Waals surface area contributed by atoms with Crippen molar-refractivity contribution >= 4 is 22.6 Å². The van der Waals surface area contributed by atoms with Crippen LogP contribution in [0.1, 0.15) is 47.9 Å². The van der Waals surface area contributed by atoms with E-state index in [2.05, 4.69) is 21.5 Å². The first-order valence-corrected chi connectivity index (χ1v) is 10.8. The van der Waals surface area contributed by atoms with E-state index in [1.165, 1.54) is 4.57 Å². The molecular formula is C26H18F6N4. The normalized spacial score (nSPS) is 16.3. The van der Waals surface area contributed by atoms with Crippen molar-refractivity contribution in [2.75, 3.05) is 0 Å². The zero-order valence-corrected chi connectivity index (χ0v) is 19.0. The van der Waals surface area contributed by atoms with E-state index in [1.807, 2.05) is 38.1 Å². The van der Waals surface area contributed by atoms with Crippen LogP contribution in [0.25, 0.3) is 28.5 Å². The lowest BCUT2D eigenvalue weighted by molar-refractivity contribution is -0.155. The van der Waals surface area contributed by atoms with Crippen molar-refractivity contribution < 1.29 is 26.3 Å². The number of rotatable bonds is 1. The summed E-state index contributed by atoms with van der Waals surface area (Å²) in [6.07, 6.45) is -6.88. The maximum atomic E-state index is 13.6. The molecular weight excluding hydrogens is 482 g/mol. The van der Waals surface area contributed by atoms with Gasteiger partial charge in [-0.25, -0.2) is 4.98 Å². The van der Waals surface area contributed by atoms with E-state index in [0.717, 1.165) is 16.7 Å². The Morgan fingerprint density at radius 2 is 1.36 bits per heavy atom. The van der Waals surface area contributed by atoms with E-state index in [1.54, 1.807) is 36.4 Å². The smallest absolute Gasteiger partial charge is 0.281 e. The number of hydrogen-bond acceptors (Lipinski definition) is 3. The van der Waals surface area contributed by atoms with Crippen molar-refractivity contribution in [1.29, 1.82) is 0 Å². The molecule has 1 aliphatic carbocycles. The van der Waals surface area contributed by atoms with Crippen LogP contribution in [0.3, 0.4) is 0 Å². The summed E-state index contributed by atoms with van der Waals surface area (Å²) in [5, 5.41) is 0.617. The fraction of sp³-hybridized carbons (Fsp3) is 0.192. The summed E-state index contributed by atoms with van der Waals surface area (Å²) in [7, 11) is 0. The molecule has 36 heavy (non-hydrogen) atoms. The highest BCUT2D eigenvalue weighted by Gasteiger charge is 2.43. The van der Waals surface area contributed by atoms with Gasteiger partial charge in [0, 0.05) is 22.1 Å². The molecule has 0 saturated heterocycles. The highest BCUT2D eigenvalue weighted by molar-refractivity contribution is 5.96. The first kappa shape index (κ1) is 23.8. The zero-order chi connectivity index (χ0) is 26.0. The van der Waals surface area contributed by atoms with E-state index in [4.69, 9.17) is 0 Å². The number of alkyl halides is 6. The van der Waals surface area contributed by atoms with Crippen LogP contribution in [-0.2, 0) is 17.8 Å². The summed E-state index contributed by atoms with van der Waals surface area (Å²) in [6.45, 7) is 7.84. The third-order valence-corrected chi connectivity index (χ3v) is 6.23. The summed E-state index contributed by atoms with van der Waals surface area (Å²) in [4.78, 5) is 9.65. The Morgan fingerprint density at radius 3 is 2.00 bits per heavy atom. The number of aromatic nitrogens is 4. The van der Waals surface area contributed by atoms with Crippen LogP contribution in [0.5, 0.6) is 0 Å². The van der Waals surface area contributed by atoms with Gasteiger partial charge in [0.2, 0.25) is 17.6 Å². The fourth-order valence-electron chi connectivity index (χ4n) is 4.69. The van der Waals surface area contributed by atoms with Crippen LogP contribution < -0.4 is 0 Å². The topological polar surface area (TPSA) is 43.6 Å². The Kier molecular flexibility index (Phi) is 5.14. The lowest BCUT2D eigenvalue weighted by Gasteiger charge is -2.32. The van der Waals surface area contributed by atoms with Gasteiger partial charge in [-0.3, -0.25) is 4.57 Å². The molecule has 2 aromatic carbocycles. The second kappa shape index (κ2) is 7.78. The van der Waals surface area contributed by atoms with Gasteiger partial charge in [-0.1, -0.05) is 75.0 Å². The Hall–Kier alpha value is -3.95. The van der Waals surface area contributed by atoms with Crippen LogP contribution >= 0.6 is 0 Å². The second-order valence-electron chi connectivity index (χ2n) is 8.92. The summed E-state index contributed by atoms with van der Waals surface area (Å²) < 4.78 is 82.8. The van der Waals surface area contributed by atoms with Crippen molar-refractivity contribution in [2.24, 2.45) is 0 Å². The van der Waals surface area contributed by atoms with Crippen LogP contribution in [0.2, 0.25) is 0 Å². The summed E-state index contributed by atoms with van der Waals surface area (Å²) in [6, 6.07) is 14.1. The average Bonchev–Trinajstić information content (AvgIpc) is 3.15. The van der Waals surface area contributed by atoms with Crippen LogP contribution in [-0.4, -0.2) is 19.5 Å². The van der Waals surface area contributed by atoms with Gasteiger partial charge in [0.15, 0.2) is 0 Å². The van der Waals surface area contributed by atoms with Crippen molar-refractivity contribution in [1.82, 2.24) is 19.5 Å². The standard InChI is InChI=1S/C26H18F6N4/c1-14-12-13-17-16-9-5-7-11-19(16)36(20(17)24(2,3)18-10-6-4-8-15(14)18)23-34-21(25(27,28)29)33-22(35-23)26(30,31)32/h4-13H,1H2,2-3H3/b13-12-. The van der Waals surface area contributed by atoms with E-state index in [-0.39, 0.29) is 0 Å². The molecule has 184 valence electrons. The molecule has 0 bridgehead atoms. The van der Waals surface area contributed by atoms with Gasteiger partial charge in [-0.05, 0) is 22.8 Å². The minimum absolute atomic E-state index is 0.359. The van der Waals surface area contributed by atoms with Gasteiger partial charge in [-0.15, -0.1) is 0 Å². The van der Waals surface area contributed by atoms with Crippen LogP contribution in [0, 0.1) is 0 Å². The van der Waals surface area contributed by atoms with Gasteiger partial charge >= 0.3 is 12.4 Å². The average molecular weight is 500 g/mol. The molecule has 5 rings (SSSR count). The van der Waals surface area contributed by atoms with Gasteiger partial charge < -0.3 is 0 Å². The van der Waals surface area contributed by atoms with E-state index >= 15 is 0 Å². The molecule has 2 aromatic heterocycles. The number of nitrogens with zero attached hydrogens (tertiary/aromatic N) is 4. The van der Waals surface area contributed by atoms with Crippen molar-refractivity contribution in [3.63, 3.8) is 0 Å². The molecule has 0 unspecified atom stereocenters. The highest BCUT2D eigenvalue weighted by atomic mass is 19.4. The first-order chi connectivity index (χ1) is 16.8. The summed E-state index contributed by atoms with van der Waals surface area (Å²) in [5.41, 5.74) is 2.84. The number of fused-ring (bicyclic) bond motifs is 4. The number of halogens is 6. The lowest BCUT2D eigenvalue weighted by Crippen LogP contribution is -2.28. The summed E-state index contributed by atoms with van der Waals surface area (Å²) >= 11 is 0. The van der Waals surface area contributed by atoms with Crippen molar-refractivity contribution in [2.45, 2.75) is 31.6 Å². The van der Waals surface area contributed by atoms with Crippen molar-refractivity contribution in [3.05, 3.63) is 95.2 Å². The minimum Gasteiger partial charge on any atom is -0.281 e. The quantitative estimate of drug-likeness (QED) is 0.259. The predicted molar refractivity (Wildman–Crippen MR) is 123 cm³/mol. The van der Waals surface area contributed by atoms with Crippen LogP contribution in [0.4, 0.5) is 26.3 Å². The molecule has 0 fully saturated rings. The first-order valence-electron chi connectivity index (χ1n) is 10.8. The van der Waals surface area contributed by atoms with Gasteiger partial charge in [-0.2, -0.15) is 36.3 Å². The second-order valence-corrected chi connectivity index (χ2v) is 8.92. The molecule has 2 heterocycles. The van der Waals surface area contributed by atoms with Gasteiger partial charge in [0.1, 0.15) is 0 Å². The lowest BCUT2D eigenvalue weighted by atomic mass is 9.75. The van der Waals surface area contributed by atoms with Crippen LogP contribution in [0.15, 0.2) is 61.2 Å². The van der Waals surface area contributed by atoms with E-state index in [0.29, 0.717) is 22.2 Å². The largest absolute Gasteiger partial charge is 0.451 e. The maximum Gasteiger partial charge on any atom is 0.451 e. The minimum atomic E-state index is -5.21. The maximum absolute atomic E-state index is 13.6. The Balaban J connectivity index is 1.95. The van der Waals surface area contributed by atoms with Gasteiger partial charge in [0.05, 0.1) is 5.52 Å². The SMILES string of the molecule is C=C1/C=C\c2c(n(-c3nc(C(F)(F)F)nc(C(F)(F)F)n3)c3ccccc23)C(C)(C)c2ccccc21. The molecule has 10 heteroatoms. The zero-order valence-electron chi connectivity index (χ0n) is 19.0. The molecule has 0 N–H and O–H groups in total.